The molecule has 0 bridgehead atoms. The summed E-state index contributed by atoms with van der Waals surface area (Å²) in [5, 5.41) is -0.167. The van der Waals surface area contributed by atoms with Crippen LogP contribution in [0.4, 0.5) is 13.2 Å². The lowest BCUT2D eigenvalue weighted by molar-refractivity contribution is -0.137. The summed E-state index contributed by atoms with van der Waals surface area (Å²) in [6.07, 6.45) is -3.47. The molecule has 1 aromatic carbocycles. The van der Waals surface area contributed by atoms with Gasteiger partial charge in [-0.2, -0.15) is 13.2 Å². The third-order valence-corrected chi connectivity index (χ3v) is 4.65. The summed E-state index contributed by atoms with van der Waals surface area (Å²) in [4.78, 5) is -0.407. The summed E-state index contributed by atoms with van der Waals surface area (Å²) < 4.78 is 63.5. The van der Waals surface area contributed by atoms with Crippen LogP contribution in [0, 0.1) is 0 Å². The third-order valence-electron chi connectivity index (χ3n) is 2.66. The largest absolute Gasteiger partial charge is 0.416 e. The number of halogens is 4. The predicted octanol–water partition coefficient (Wildman–Crippen LogP) is 3.39. The molecule has 0 heterocycles. The van der Waals surface area contributed by atoms with Crippen LogP contribution in [-0.2, 0) is 16.2 Å². The molecule has 1 rings (SSSR count). The zero-order chi connectivity index (χ0) is 15.4. The average molecular weight is 330 g/mol. The van der Waals surface area contributed by atoms with Crippen molar-refractivity contribution in [3.8, 4) is 0 Å². The van der Waals surface area contributed by atoms with Gasteiger partial charge in [0.2, 0.25) is 10.0 Å². The Morgan fingerprint density at radius 3 is 2.55 bits per heavy atom. The van der Waals surface area contributed by atoms with E-state index in [9.17, 15) is 21.6 Å². The summed E-state index contributed by atoms with van der Waals surface area (Å²) in [5.41, 5.74) is -0.996. The van der Waals surface area contributed by atoms with Crippen LogP contribution >= 0.6 is 11.6 Å². The van der Waals surface area contributed by atoms with Crippen molar-refractivity contribution in [2.75, 3.05) is 6.54 Å². The van der Waals surface area contributed by atoms with Crippen LogP contribution < -0.4 is 4.72 Å². The van der Waals surface area contributed by atoms with Crippen molar-refractivity contribution in [1.29, 1.82) is 0 Å². The fraction of sp³-hybridized carbons (Fsp3) is 0.500. The third kappa shape index (κ3) is 4.96. The molecule has 1 atom stereocenters. The van der Waals surface area contributed by atoms with Gasteiger partial charge in [0, 0.05) is 11.9 Å². The first-order valence-electron chi connectivity index (χ1n) is 5.98. The standard InChI is InChI=1S/C12H15ClF3NO2S/c1-2-10(13)6-7-17-20(18,19)11-5-3-4-9(8-11)12(14,15)16/h3-5,8,10,17H,2,6-7H2,1H3. The first kappa shape index (κ1) is 17.3. The van der Waals surface area contributed by atoms with Crippen LogP contribution in [0.25, 0.3) is 0 Å². The molecule has 3 nitrogen and oxygen atoms in total. The molecule has 0 saturated carbocycles. The Hall–Kier alpha value is -0.790. The van der Waals surface area contributed by atoms with E-state index in [1.54, 1.807) is 0 Å². The molecule has 0 fully saturated rings. The van der Waals surface area contributed by atoms with E-state index in [-0.39, 0.29) is 11.9 Å². The summed E-state index contributed by atoms with van der Waals surface area (Å²) in [5.74, 6) is 0. The van der Waals surface area contributed by atoms with Crippen molar-refractivity contribution in [3.63, 3.8) is 0 Å². The number of hydrogen-bond donors (Lipinski definition) is 1. The van der Waals surface area contributed by atoms with Crippen LogP contribution in [0.3, 0.4) is 0 Å². The molecule has 0 aliphatic rings. The molecule has 0 aliphatic carbocycles. The minimum absolute atomic E-state index is 0.0839. The molecule has 0 amide bonds. The zero-order valence-corrected chi connectivity index (χ0v) is 12.3. The van der Waals surface area contributed by atoms with Gasteiger partial charge in [0.1, 0.15) is 0 Å². The first-order chi connectivity index (χ1) is 9.16. The fourth-order valence-electron chi connectivity index (χ4n) is 1.48. The average Bonchev–Trinajstić information content (AvgIpc) is 2.37. The van der Waals surface area contributed by atoms with Gasteiger partial charge in [-0.05, 0) is 31.0 Å². The normalized spacial score (nSPS) is 14.2. The highest BCUT2D eigenvalue weighted by Crippen LogP contribution is 2.30. The van der Waals surface area contributed by atoms with Crippen LogP contribution in [0.1, 0.15) is 25.3 Å². The van der Waals surface area contributed by atoms with Gasteiger partial charge in [-0.1, -0.05) is 13.0 Å². The minimum atomic E-state index is -4.57. The number of alkyl halides is 4. The van der Waals surface area contributed by atoms with Crippen LogP contribution in [0.5, 0.6) is 0 Å². The quantitative estimate of drug-likeness (QED) is 0.813. The van der Waals surface area contributed by atoms with E-state index in [2.05, 4.69) is 4.72 Å². The molecule has 0 aromatic heterocycles. The number of rotatable bonds is 6. The fourth-order valence-corrected chi connectivity index (χ4v) is 2.68. The molecule has 0 radical (unpaired) electrons. The van der Waals surface area contributed by atoms with E-state index < -0.39 is 26.7 Å². The second-order valence-corrected chi connectivity index (χ2v) is 6.60. The molecule has 1 aromatic rings. The lowest BCUT2D eigenvalue weighted by atomic mass is 10.2. The van der Waals surface area contributed by atoms with E-state index in [0.717, 1.165) is 18.2 Å². The highest BCUT2D eigenvalue weighted by molar-refractivity contribution is 7.89. The molecular weight excluding hydrogens is 315 g/mol. The van der Waals surface area contributed by atoms with E-state index in [4.69, 9.17) is 11.6 Å². The number of hydrogen-bond acceptors (Lipinski definition) is 2. The molecular formula is C12H15ClF3NO2S. The molecule has 20 heavy (non-hydrogen) atoms. The van der Waals surface area contributed by atoms with Crippen molar-refractivity contribution in [1.82, 2.24) is 4.72 Å². The minimum Gasteiger partial charge on any atom is -0.211 e. The monoisotopic (exact) mass is 329 g/mol. The van der Waals surface area contributed by atoms with Gasteiger partial charge in [0.15, 0.2) is 0 Å². The Balaban J connectivity index is 2.83. The Kier molecular flexibility index (Phi) is 5.85. The van der Waals surface area contributed by atoms with Gasteiger partial charge in [-0.3, -0.25) is 0 Å². The maximum Gasteiger partial charge on any atom is 0.416 e. The van der Waals surface area contributed by atoms with Crippen LogP contribution in [-0.4, -0.2) is 20.3 Å². The van der Waals surface area contributed by atoms with Crippen molar-refractivity contribution in [2.45, 2.75) is 36.2 Å². The molecule has 0 spiro atoms. The van der Waals surface area contributed by atoms with Gasteiger partial charge in [-0.15, -0.1) is 11.6 Å². The lowest BCUT2D eigenvalue weighted by Crippen LogP contribution is -2.26. The molecule has 1 N–H and O–H groups in total. The summed E-state index contributed by atoms with van der Waals surface area (Å²) in [6, 6.07) is 3.62. The summed E-state index contributed by atoms with van der Waals surface area (Å²) >= 11 is 5.84. The van der Waals surface area contributed by atoms with Gasteiger partial charge in [0.05, 0.1) is 10.5 Å². The summed E-state index contributed by atoms with van der Waals surface area (Å²) in [7, 11) is -3.96. The Labute approximate surface area is 121 Å². The van der Waals surface area contributed by atoms with Gasteiger partial charge >= 0.3 is 6.18 Å². The second kappa shape index (κ2) is 6.78. The van der Waals surface area contributed by atoms with Gasteiger partial charge < -0.3 is 0 Å². The van der Waals surface area contributed by atoms with Crippen molar-refractivity contribution < 1.29 is 21.6 Å². The maximum atomic E-state index is 12.5. The number of nitrogens with one attached hydrogen (secondary N) is 1. The van der Waals surface area contributed by atoms with Gasteiger partial charge in [0.25, 0.3) is 0 Å². The smallest absolute Gasteiger partial charge is 0.211 e. The predicted molar refractivity (Wildman–Crippen MR) is 71.2 cm³/mol. The van der Waals surface area contributed by atoms with E-state index in [0.29, 0.717) is 18.9 Å². The van der Waals surface area contributed by atoms with Crippen LogP contribution in [0.15, 0.2) is 29.2 Å². The lowest BCUT2D eigenvalue weighted by Gasteiger charge is -2.11. The maximum absolute atomic E-state index is 12.5. The van der Waals surface area contributed by atoms with Crippen molar-refractivity contribution in [2.24, 2.45) is 0 Å². The molecule has 8 heteroatoms. The highest BCUT2D eigenvalue weighted by atomic mass is 35.5. The molecule has 1 unspecified atom stereocenters. The zero-order valence-electron chi connectivity index (χ0n) is 10.7. The Morgan fingerprint density at radius 1 is 1.35 bits per heavy atom. The second-order valence-electron chi connectivity index (χ2n) is 4.22. The molecule has 114 valence electrons. The molecule has 0 saturated heterocycles. The van der Waals surface area contributed by atoms with Crippen LogP contribution in [0.2, 0.25) is 0 Å². The topological polar surface area (TPSA) is 46.2 Å². The van der Waals surface area contributed by atoms with E-state index in [1.807, 2.05) is 6.92 Å². The van der Waals surface area contributed by atoms with Gasteiger partial charge in [-0.25, -0.2) is 13.1 Å². The van der Waals surface area contributed by atoms with E-state index in [1.165, 1.54) is 0 Å². The molecule has 0 aliphatic heterocycles. The van der Waals surface area contributed by atoms with E-state index >= 15 is 0 Å². The SMILES string of the molecule is CCC(Cl)CCNS(=O)(=O)c1cccc(C(F)(F)F)c1. The Bertz CT molecular complexity index is 546. The summed E-state index contributed by atoms with van der Waals surface area (Å²) in [6.45, 7) is 1.94. The number of sulfonamides is 1. The Morgan fingerprint density at radius 2 is 2.00 bits per heavy atom. The number of benzene rings is 1. The van der Waals surface area contributed by atoms with Crippen molar-refractivity contribution >= 4 is 21.6 Å². The van der Waals surface area contributed by atoms with Crippen molar-refractivity contribution in [3.05, 3.63) is 29.8 Å². The first-order valence-corrected chi connectivity index (χ1v) is 7.89. The highest BCUT2D eigenvalue weighted by Gasteiger charge is 2.31.